The Morgan fingerprint density at radius 1 is 0.581 bits per heavy atom. The van der Waals surface area contributed by atoms with Crippen molar-refractivity contribution in [3.63, 3.8) is 0 Å². The Hall–Kier alpha value is -9.46. The number of alkyl halides is 9. The SMILES string of the molecule is COC(COc1cc2nn(C3CCNCC3)cc2cc1NC(=O)c1cccc(C(F)(F)F)n1)c1ccc(C(=O)Nc2cc3cn(C4CCCCC4)nc3cc2OCC(OC)c2ccc(C(=O)Nc3cc4c[nH]nc4cc3OC3COC3)nc2C(F)(F)F)nc1C(F)(F)F. The lowest BCUT2D eigenvalue weighted by atomic mass is 9.96. The number of methoxy groups -OCH3 is 2. The van der Waals surface area contributed by atoms with Crippen LogP contribution in [0.4, 0.5) is 56.6 Å². The molecule has 93 heavy (non-hydrogen) atoms. The van der Waals surface area contributed by atoms with Crippen molar-refractivity contribution >= 4 is 67.5 Å². The molecule has 1 saturated carbocycles. The van der Waals surface area contributed by atoms with E-state index in [-0.39, 0.29) is 65.7 Å². The fourth-order valence-electron chi connectivity index (χ4n) is 11.3. The molecular weight excluding hydrogens is 1240 g/mol. The van der Waals surface area contributed by atoms with Crippen molar-refractivity contribution < 1.29 is 82.3 Å². The lowest BCUT2D eigenvalue weighted by Gasteiger charge is -2.27. The highest BCUT2D eigenvalue weighted by molar-refractivity contribution is 6.07. The van der Waals surface area contributed by atoms with Crippen LogP contribution in [0.3, 0.4) is 0 Å². The lowest BCUT2D eigenvalue weighted by molar-refractivity contribution is -0.144. The molecule has 9 aromatic rings. The fraction of sp³-hybridized carbons (Fsp3) is 0.371. The monoisotopic (exact) mass is 1300 g/mol. The van der Waals surface area contributed by atoms with Crippen molar-refractivity contribution in [2.75, 3.05) is 69.7 Å². The number of carbonyl (C=O) groups excluding carboxylic acids is 3. The number of nitrogens with zero attached hydrogens (tertiary/aromatic N) is 8. The van der Waals surface area contributed by atoms with Crippen LogP contribution in [-0.2, 0) is 32.7 Å². The summed E-state index contributed by atoms with van der Waals surface area (Å²) in [6.07, 6.45) is -7.65. The Kier molecular flexibility index (Phi) is 18.0. The second kappa shape index (κ2) is 26.3. The molecule has 2 aliphatic heterocycles. The minimum atomic E-state index is -5.23. The summed E-state index contributed by atoms with van der Waals surface area (Å²) < 4.78 is 170. The van der Waals surface area contributed by atoms with Gasteiger partial charge in [-0.15, -0.1) is 0 Å². The summed E-state index contributed by atoms with van der Waals surface area (Å²) in [4.78, 5) is 52.6. The minimum absolute atomic E-state index is 0.00663. The number of benzene rings is 3. The van der Waals surface area contributed by atoms with Gasteiger partial charge < -0.3 is 49.7 Å². The van der Waals surface area contributed by atoms with E-state index in [2.05, 4.69) is 46.4 Å². The number of amides is 3. The van der Waals surface area contributed by atoms with Gasteiger partial charge in [-0.3, -0.25) is 28.8 Å². The van der Waals surface area contributed by atoms with Gasteiger partial charge in [-0.1, -0.05) is 37.5 Å². The van der Waals surface area contributed by atoms with E-state index in [9.17, 15) is 27.6 Å². The minimum Gasteiger partial charge on any atom is -0.488 e. The van der Waals surface area contributed by atoms with Crippen LogP contribution in [0.1, 0.15) is 129 Å². The molecule has 6 aromatic heterocycles. The molecule has 12 rings (SSSR count). The molecule has 2 atom stereocenters. The second-order valence-corrected chi connectivity index (χ2v) is 22.5. The number of halogens is 9. The number of fused-ring (bicyclic) bond motifs is 3. The van der Waals surface area contributed by atoms with Crippen molar-refractivity contribution in [3.05, 3.63) is 143 Å². The average molecular weight is 1300 g/mol. The number of ether oxygens (including phenoxy) is 6. The molecule has 5 N–H and O–H groups in total. The molecule has 2 saturated heterocycles. The van der Waals surface area contributed by atoms with Crippen molar-refractivity contribution in [2.45, 2.75) is 93.9 Å². The number of pyridine rings is 3. The molecule has 31 heteroatoms. The third-order valence-electron chi connectivity index (χ3n) is 16.2. The fourth-order valence-corrected chi connectivity index (χ4v) is 11.3. The number of rotatable bonds is 20. The maximum absolute atomic E-state index is 15.3. The smallest absolute Gasteiger partial charge is 0.433 e. The van der Waals surface area contributed by atoms with E-state index in [0.29, 0.717) is 38.8 Å². The first-order valence-electron chi connectivity index (χ1n) is 29.5. The van der Waals surface area contributed by atoms with Crippen molar-refractivity contribution in [1.29, 1.82) is 0 Å². The number of aromatic nitrogens is 9. The number of carbonyl (C=O) groups is 3. The van der Waals surface area contributed by atoms with Crippen LogP contribution < -0.4 is 35.5 Å². The molecule has 1 aliphatic carbocycles. The predicted molar refractivity (Wildman–Crippen MR) is 316 cm³/mol. The van der Waals surface area contributed by atoms with Gasteiger partial charge in [0, 0.05) is 78.3 Å². The van der Waals surface area contributed by atoms with E-state index in [1.807, 2.05) is 0 Å². The summed E-state index contributed by atoms with van der Waals surface area (Å²) in [7, 11) is 2.22. The van der Waals surface area contributed by atoms with Crippen LogP contribution in [0.5, 0.6) is 17.2 Å². The Balaban J connectivity index is 0.808. The van der Waals surface area contributed by atoms with E-state index >= 15 is 26.3 Å². The number of piperidine rings is 1. The largest absolute Gasteiger partial charge is 0.488 e. The Bertz CT molecular complexity index is 4250. The average Bonchev–Trinajstić information content (AvgIpc) is 1.55. The van der Waals surface area contributed by atoms with Crippen molar-refractivity contribution in [3.8, 4) is 17.2 Å². The molecule has 0 bridgehead atoms. The zero-order chi connectivity index (χ0) is 65.3. The molecule has 0 spiro atoms. The standard InChI is InChI=1S/C62H58F9N13O9/c1-88-52(30-91-49-24-45-34(27-84(82-45)36-15-17-72-18-16-36)21-46(49)77-57(85)40-9-6-10-54(74-40)60(63,64)65)38-11-13-41(75-55(38)61(66,67)68)58(86)78-47-20-33-26-83(35-7-4-3-5-8-35)81-44(33)23-50(47)92-31-53(89-2)39-12-14-42(76-56(39)62(69,70)71)59(87)79-48-19-32-25-73-80-43(32)22-51(48)93-37-28-90-29-37/h6,9-14,19-27,35-37,52-53,72H,3-5,7-8,15-18,28-31H2,1-2H3,(H,73,80)(H,77,85)(H,78,86)(H,79,87). The number of H-pyrrole nitrogens is 1. The van der Waals surface area contributed by atoms with E-state index in [1.165, 1.54) is 30.3 Å². The topological polar surface area (TPSA) is 258 Å². The van der Waals surface area contributed by atoms with Crippen LogP contribution in [-0.4, -0.2) is 122 Å². The van der Waals surface area contributed by atoms with Gasteiger partial charge >= 0.3 is 18.5 Å². The molecule has 3 fully saturated rings. The van der Waals surface area contributed by atoms with Gasteiger partial charge in [0.1, 0.15) is 71.5 Å². The highest BCUT2D eigenvalue weighted by atomic mass is 19.4. The summed E-state index contributed by atoms with van der Waals surface area (Å²) in [5, 5.41) is 28.8. The molecule has 22 nitrogen and oxygen atoms in total. The van der Waals surface area contributed by atoms with Crippen LogP contribution in [0.2, 0.25) is 0 Å². The van der Waals surface area contributed by atoms with E-state index in [4.69, 9.17) is 38.6 Å². The molecule has 488 valence electrons. The van der Waals surface area contributed by atoms with E-state index in [0.717, 1.165) is 109 Å². The summed E-state index contributed by atoms with van der Waals surface area (Å²) in [6.45, 7) is 0.641. The van der Waals surface area contributed by atoms with Gasteiger partial charge in [0.15, 0.2) is 11.4 Å². The zero-order valence-corrected chi connectivity index (χ0v) is 49.5. The number of aromatic amines is 1. The third kappa shape index (κ3) is 14.1. The van der Waals surface area contributed by atoms with Gasteiger partial charge in [0.2, 0.25) is 0 Å². The van der Waals surface area contributed by atoms with Crippen LogP contribution in [0.15, 0.2) is 97.5 Å². The van der Waals surface area contributed by atoms with Gasteiger partial charge in [0.25, 0.3) is 17.7 Å². The predicted octanol–water partition coefficient (Wildman–Crippen LogP) is 12.0. The zero-order valence-electron chi connectivity index (χ0n) is 49.5. The first-order chi connectivity index (χ1) is 44.6. The molecule has 8 heterocycles. The van der Waals surface area contributed by atoms with Crippen LogP contribution >= 0.6 is 0 Å². The Morgan fingerprint density at radius 2 is 1.06 bits per heavy atom. The number of hydrogen-bond acceptors (Lipinski definition) is 16. The molecule has 0 radical (unpaired) electrons. The van der Waals surface area contributed by atoms with Crippen molar-refractivity contribution in [2.24, 2.45) is 0 Å². The second-order valence-electron chi connectivity index (χ2n) is 22.5. The number of nitrogens with one attached hydrogen (secondary N) is 5. The van der Waals surface area contributed by atoms with Gasteiger partial charge in [-0.05, 0) is 81.2 Å². The number of hydrogen-bond donors (Lipinski definition) is 5. The van der Waals surface area contributed by atoms with E-state index in [1.54, 1.807) is 34.0 Å². The first kappa shape index (κ1) is 63.7. The van der Waals surface area contributed by atoms with E-state index < -0.39 is 107 Å². The van der Waals surface area contributed by atoms with Crippen LogP contribution in [0, 0.1) is 0 Å². The van der Waals surface area contributed by atoms with Gasteiger partial charge in [0.05, 0.1) is 58.9 Å². The summed E-state index contributed by atoms with van der Waals surface area (Å²) in [5.41, 5.74) is -6.32. The first-order valence-corrected chi connectivity index (χ1v) is 29.5. The highest BCUT2D eigenvalue weighted by Gasteiger charge is 2.41. The van der Waals surface area contributed by atoms with Crippen LogP contribution in [0.25, 0.3) is 32.7 Å². The summed E-state index contributed by atoms with van der Waals surface area (Å²) >= 11 is 0. The summed E-state index contributed by atoms with van der Waals surface area (Å²) in [6, 6.07) is 15.7. The van der Waals surface area contributed by atoms with Gasteiger partial charge in [-0.25, -0.2) is 15.0 Å². The van der Waals surface area contributed by atoms with Gasteiger partial charge in [-0.2, -0.15) is 54.8 Å². The molecule has 3 aromatic carbocycles. The van der Waals surface area contributed by atoms with Crippen molar-refractivity contribution in [1.82, 2.24) is 50.0 Å². The Labute approximate surface area is 521 Å². The molecule has 3 aliphatic rings. The third-order valence-corrected chi connectivity index (χ3v) is 16.2. The lowest BCUT2D eigenvalue weighted by Crippen LogP contribution is -2.38. The maximum atomic E-state index is 15.3. The molecular formula is C62H58F9N13O9. The maximum Gasteiger partial charge on any atom is 0.433 e. The molecule has 2 unspecified atom stereocenters. The highest BCUT2D eigenvalue weighted by Crippen LogP contribution is 2.41. The normalized spacial score (nSPS) is 16.1. The number of anilines is 3. The quantitative estimate of drug-likeness (QED) is 0.0444. The Morgan fingerprint density at radius 3 is 1.55 bits per heavy atom. The molecule has 3 amide bonds. The summed E-state index contributed by atoms with van der Waals surface area (Å²) in [5.74, 6) is -3.36.